The molecule has 0 aliphatic heterocycles. The van der Waals surface area contributed by atoms with Gasteiger partial charge in [-0.1, -0.05) is 19.1 Å². The van der Waals surface area contributed by atoms with Crippen molar-refractivity contribution in [2.45, 2.75) is 33.2 Å². The first-order chi connectivity index (χ1) is 16.7. The Hall–Kier alpha value is -3.44. The molecule has 0 aliphatic rings. The van der Waals surface area contributed by atoms with Crippen LogP contribution in [-0.2, 0) is 17.7 Å². The molecule has 34 heavy (non-hydrogen) atoms. The van der Waals surface area contributed by atoms with Crippen LogP contribution >= 0.6 is 23.5 Å². The second-order valence-corrected chi connectivity index (χ2v) is 8.77. The van der Waals surface area contributed by atoms with E-state index >= 15 is 0 Å². The molecule has 5 rings (SSSR count). The van der Waals surface area contributed by atoms with Crippen LogP contribution in [0.3, 0.4) is 0 Å². The summed E-state index contributed by atoms with van der Waals surface area (Å²) in [7, 11) is 0. The summed E-state index contributed by atoms with van der Waals surface area (Å²) in [6, 6.07) is 11.8. The molecule has 0 aliphatic carbocycles. The molecule has 2 aromatic carbocycles. The van der Waals surface area contributed by atoms with Crippen LogP contribution in [0.4, 0.5) is 0 Å². The Balaban J connectivity index is 1.57. The molecule has 0 bridgehead atoms. The summed E-state index contributed by atoms with van der Waals surface area (Å²) in [6.07, 6.45) is 1.28. The van der Waals surface area contributed by atoms with E-state index in [1.165, 1.54) is 23.5 Å². The standard InChI is InChI=1S/C23H22N6O3S2/c1-3-9-32-22-16(10-14-5-7-17-19(11-14)27-33-25-17)21(23(30)31-4-2)29(24-22)13-15-6-8-18-20(12-15)28-34-26-18/h5-8,11-12H,3-4,9-10,13H2,1-2H3. The fourth-order valence-electron chi connectivity index (χ4n) is 3.73. The van der Waals surface area contributed by atoms with E-state index in [1.54, 1.807) is 11.6 Å². The number of nitrogens with zero attached hydrogens (tertiary/aromatic N) is 6. The molecule has 0 unspecified atom stereocenters. The average Bonchev–Trinajstić information content (AvgIpc) is 3.56. The number of ether oxygens (including phenoxy) is 2. The lowest BCUT2D eigenvalue weighted by molar-refractivity contribution is 0.0511. The number of carbonyl (C=O) groups is 1. The van der Waals surface area contributed by atoms with Gasteiger partial charge in [-0.25, -0.2) is 9.48 Å². The van der Waals surface area contributed by atoms with Gasteiger partial charge in [0.2, 0.25) is 5.88 Å². The SMILES string of the molecule is CCCOc1nn(Cc2ccc3nsnc3c2)c(C(=O)OCC)c1Cc1ccc2nsnc2c1. The normalized spacial score (nSPS) is 11.4. The number of hydrogen-bond donors (Lipinski definition) is 0. The van der Waals surface area contributed by atoms with Gasteiger partial charge in [0, 0.05) is 6.42 Å². The number of esters is 1. The second kappa shape index (κ2) is 9.82. The highest BCUT2D eigenvalue weighted by Gasteiger charge is 2.26. The van der Waals surface area contributed by atoms with Crippen LogP contribution in [0.25, 0.3) is 22.1 Å². The Morgan fingerprint density at radius 3 is 2.24 bits per heavy atom. The first-order valence-corrected chi connectivity index (χ1v) is 12.4. The Labute approximate surface area is 204 Å². The third-order valence-corrected chi connectivity index (χ3v) is 6.39. The summed E-state index contributed by atoms with van der Waals surface area (Å²) in [6.45, 7) is 4.96. The van der Waals surface area contributed by atoms with Gasteiger partial charge in [-0.2, -0.15) is 17.5 Å². The minimum atomic E-state index is -0.427. The average molecular weight is 495 g/mol. The maximum atomic E-state index is 13.1. The van der Waals surface area contributed by atoms with Crippen molar-refractivity contribution >= 4 is 51.5 Å². The first-order valence-electron chi connectivity index (χ1n) is 11.0. The topological polar surface area (TPSA) is 105 Å². The van der Waals surface area contributed by atoms with E-state index in [0.717, 1.165) is 39.6 Å². The number of benzene rings is 2. The molecular weight excluding hydrogens is 472 g/mol. The van der Waals surface area contributed by atoms with E-state index in [-0.39, 0.29) is 6.61 Å². The summed E-state index contributed by atoms with van der Waals surface area (Å²) >= 11 is 2.35. The van der Waals surface area contributed by atoms with Gasteiger partial charge in [0.15, 0.2) is 5.69 Å². The molecule has 9 nitrogen and oxygen atoms in total. The maximum Gasteiger partial charge on any atom is 0.357 e. The number of hydrogen-bond acceptors (Lipinski definition) is 10. The van der Waals surface area contributed by atoms with Crippen molar-refractivity contribution in [2.24, 2.45) is 0 Å². The monoisotopic (exact) mass is 494 g/mol. The van der Waals surface area contributed by atoms with Crippen molar-refractivity contribution in [3.63, 3.8) is 0 Å². The Bertz CT molecular complexity index is 1460. The van der Waals surface area contributed by atoms with Crippen molar-refractivity contribution in [2.75, 3.05) is 13.2 Å². The molecular formula is C23H22N6O3S2. The van der Waals surface area contributed by atoms with Crippen molar-refractivity contribution in [3.8, 4) is 5.88 Å². The zero-order valence-electron chi connectivity index (χ0n) is 18.7. The van der Waals surface area contributed by atoms with E-state index in [0.29, 0.717) is 36.7 Å². The van der Waals surface area contributed by atoms with E-state index in [4.69, 9.17) is 14.6 Å². The fourth-order valence-corrected chi connectivity index (χ4v) is 4.77. The van der Waals surface area contributed by atoms with Crippen molar-refractivity contribution in [1.82, 2.24) is 27.3 Å². The van der Waals surface area contributed by atoms with Gasteiger partial charge in [-0.15, -0.1) is 5.10 Å². The summed E-state index contributed by atoms with van der Waals surface area (Å²) in [5.41, 5.74) is 6.38. The number of carbonyl (C=O) groups excluding carboxylic acids is 1. The zero-order chi connectivity index (χ0) is 23.5. The van der Waals surface area contributed by atoms with Crippen LogP contribution in [0.5, 0.6) is 5.88 Å². The lowest BCUT2D eigenvalue weighted by Gasteiger charge is -2.09. The highest BCUT2D eigenvalue weighted by atomic mass is 32.1. The van der Waals surface area contributed by atoms with Crippen LogP contribution in [0.2, 0.25) is 0 Å². The predicted molar refractivity (Wildman–Crippen MR) is 131 cm³/mol. The summed E-state index contributed by atoms with van der Waals surface area (Å²) in [4.78, 5) is 13.1. The van der Waals surface area contributed by atoms with Gasteiger partial charge in [-0.05, 0) is 48.7 Å². The van der Waals surface area contributed by atoms with Crippen molar-refractivity contribution in [3.05, 3.63) is 58.8 Å². The van der Waals surface area contributed by atoms with Gasteiger partial charge < -0.3 is 9.47 Å². The van der Waals surface area contributed by atoms with Crippen molar-refractivity contribution < 1.29 is 14.3 Å². The predicted octanol–water partition coefficient (Wildman–Crippen LogP) is 4.50. The number of aromatic nitrogens is 6. The molecule has 5 aromatic rings. The molecule has 0 N–H and O–H groups in total. The minimum absolute atomic E-state index is 0.265. The Morgan fingerprint density at radius 1 is 0.912 bits per heavy atom. The smallest absolute Gasteiger partial charge is 0.357 e. The molecule has 3 heterocycles. The largest absolute Gasteiger partial charge is 0.476 e. The maximum absolute atomic E-state index is 13.1. The lowest BCUT2D eigenvalue weighted by atomic mass is 10.0. The highest BCUT2D eigenvalue weighted by molar-refractivity contribution is 7.00. The van der Waals surface area contributed by atoms with Gasteiger partial charge in [-0.3, -0.25) is 0 Å². The molecule has 0 spiro atoms. The van der Waals surface area contributed by atoms with Crippen LogP contribution in [0.1, 0.15) is 47.4 Å². The summed E-state index contributed by atoms with van der Waals surface area (Å²) in [5.74, 6) is 0.0157. The lowest BCUT2D eigenvalue weighted by Crippen LogP contribution is -2.16. The molecule has 0 amide bonds. The molecule has 174 valence electrons. The van der Waals surface area contributed by atoms with Crippen LogP contribution in [0, 0.1) is 0 Å². The van der Waals surface area contributed by atoms with E-state index in [2.05, 4.69) is 17.5 Å². The Kier molecular flexibility index (Phi) is 6.45. The van der Waals surface area contributed by atoms with Crippen molar-refractivity contribution in [1.29, 1.82) is 0 Å². The zero-order valence-corrected chi connectivity index (χ0v) is 20.4. The second-order valence-electron chi connectivity index (χ2n) is 7.71. The molecule has 0 atom stereocenters. The first kappa shape index (κ1) is 22.4. The Morgan fingerprint density at radius 2 is 1.56 bits per heavy atom. The van der Waals surface area contributed by atoms with Gasteiger partial charge in [0.25, 0.3) is 0 Å². The molecule has 0 saturated carbocycles. The minimum Gasteiger partial charge on any atom is -0.476 e. The molecule has 0 radical (unpaired) electrons. The van der Waals surface area contributed by atoms with Crippen LogP contribution in [0.15, 0.2) is 36.4 Å². The van der Waals surface area contributed by atoms with E-state index in [1.807, 2.05) is 43.3 Å². The van der Waals surface area contributed by atoms with Gasteiger partial charge >= 0.3 is 5.97 Å². The molecule has 0 fully saturated rings. The van der Waals surface area contributed by atoms with E-state index < -0.39 is 5.97 Å². The number of rotatable bonds is 9. The van der Waals surface area contributed by atoms with Gasteiger partial charge in [0.1, 0.15) is 22.1 Å². The number of fused-ring (bicyclic) bond motifs is 2. The third-order valence-electron chi connectivity index (χ3n) is 5.27. The van der Waals surface area contributed by atoms with Gasteiger partial charge in [0.05, 0.1) is 48.8 Å². The quantitative estimate of drug-likeness (QED) is 0.276. The summed E-state index contributed by atoms with van der Waals surface area (Å²) < 4.78 is 30.3. The molecule has 3 aromatic heterocycles. The molecule has 0 saturated heterocycles. The van der Waals surface area contributed by atoms with Crippen LogP contribution in [-0.4, -0.2) is 46.5 Å². The van der Waals surface area contributed by atoms with Crippen LogP contribution < -0.4 is 4.74 Å². The molecule has 11 heteroatoms. The third kappa shape index (κ3) is 4.48. The fraction of sp³-hybridized carbons (Fsp3) is 0.304. The highest BCUT2D eigenvalue weighted by Crippen LogP contribution is 2.28. The van der Waals surface area contributed by atoms with E-state index in [9.17, 15) is 4.79 Å². The summed E-state index contributed by atoms with van der Waals surface area (Å²) in [5, 5.41) is 4.70.